The predicted molar refractivity (Wildman–Crippen MR) is 75.7 cm³/mol. The molecule has 122 valence electrons. The van der Waals surface area contributed by atoms with Gasteiger partial charge < -0.3 is 10.8 Å². The zero-order chi connectivity index (χ0) is 15.5. The average Bonchev–Trinajstić information content (AvgIpc) is 2.33. The average molecular weight is 330 g/mol. The lowest BCUT2D eigenvalue weighted by atomic mass is 9.92. The van der Waals surface area contributed by atoms with Crippen LogP contribution in [0, 0.1) is 11.7 Å². The molecular formula is C14H20ClF4NO. The molecule has 0 amide bonds. The standard InChI is InChI=1S/C14H19F4NO.ClH/c1-8(2)3-6-12(20)13(19)10-7-9(15)4-5-11(10)14(16,17)18;/h4-5,7-8,12-13,20H,3,6,19H2,1-2H3;1H/t12-,13+;/m1./s1. The number of rotatable bonds is 5. The minimum absolute atomic E-state index is 0. The Balaban J connectivity index is 0.00000400. The first-order valence-electron chi connectivity index (χ1n) is 6.43. The number of hydrogen-bond acceptors (Lipinski definition) is 2. The molecule has 1 aromatic rings. The monoisotopic (exact) mass is 329 g/mol. The first-order valence-corrected chi connectivity index (χ1v) is 6.43. The van der Waals surface area contributed by atoms with Crippen molar-refractivity contribution >= 4 is 12.4 Å². The largest absolute Gasteiger partial charge is 0.416 e. The minimum atomic E-state index is -4.63. The van der Waals surface area contributed by atoms with E-state index in [9.17, 15) is 22.7 Å². The van der Waals surface area contributed by atoms with Crippen LogP contribution >= 0.6 is 12.4 Å². The second kappa shape index (κ2) is 7.96. The number of hydrogen-bond donors (Lipinski definition) is 2. The molecule has 2 atom stereocenters. The van der Waals surface area contributed by atoms with E-state index in [0.717, 1.165) is 12.1 Å². The Morgan fingerprint density at radius 1 is 1.19 bits per heavy atom. The maximum atomic E-state index is 13.2. The molecule has 0 fully saturated rings. The number of aliphatic hydroxyl groups is 1. The van der Waals surface area contributed by atoms with E-state index in [1.54, 1.807) is 0 Å². The maximum absolute atomic E-state index is 13.2. The molecule has 1 aromatic carbocycles. The molecule has 0 aliphatic heterocycles. The van der Waals surface area contributed by atoms with Crippen molar-refractivity contribution in [3.63, 3.8) is 0 Å². The molecule has 0 aliphatic carbocycles. The summed E-state index contributed by atoms with van der Waals surface area (Å²) in [6, 6.07) is 0.867. The molecule has 0 radical (unpaired) electrons. The molecular weight excluding hydrogens is 310 g/mol. The van der Waals surface area contributed by atoms with Gasteiger partial charge in [-0.2, -0.15) is 13.2 Å². The third kappa shape index (κ3) is 5.80. The Morgan fingerprint density at radius 2 is 1.76 bits per heavy atom. The van der Waals surface area contributed by atoms with Crippen molar-refractivity contribution in [2.24, 2.45) is 11.7 Å². The topological polar surface area (TPSA) is 46.2 Å². The summed E-state index contributed by atoms with van der Waals surface area (Å²) < 4.78 is 51.7. The highest BCUT2D eigenvalue weighted by molar-refractivity contribution is 5.85. The Morgan fingerprint density at radius 3 is 2.24 bits per heavy atom. The summed E-state index contributed by atoms with van der Waals surface area (Å²) in [5, 5.41) is 9.89. The second-order valence-electron chi connectivity index (χ2n) is 5.29. The lowest BCUT2D eigenvalue weighted by Crippen LogP contribution is -2.29. The van der Waals surface area contributed by atoms with Crippen LogP contribution in [0.4, 0.5) is 17.6 Å². The van der Waals surface area contributed by atoms with Crippen LogP contribution in [0.5, 0.6) is 0 Å². The van der Waals surface area contributed by atoms with E-state index in [0.29, 0.717) is 18.4 Å². The summed E-state index contributed by atoms with van der Waals surface area (Å²) in [7, 11) is 0. The van der Waals surface area contributed by atoms with Gasteiger partial charge in [0.25, 0.3) is 0 Å². The Bertz CT molecular complexity index is 451. The van der Waals surface area contributed by atoms with Crippen LogP contribution < -0.4 is 5.73 Å². The van der Waals surface area contributed by atoms with Gasteiger partial charge in [-0.25, -0.2) is 4.39 Å². The van der Waals surface area contributed by atoms with Gasteiger partial charge in [-0.15, -0.1) is 12.4 Å². The van der Waals surface area contributed by atoms with Gasteiger partial charge in [0.1, 0.15) is 5.82 Å². The fraction of sp³-hybridized carbons (Fsp3) is 0.571. The van der Waals surface area contributed by atoms with Crippen molar-refractivity contribution in [1.29, 1.82) is 0 Å². The van der Waals surface area contributed by atoms with Gasteiger partial charge in [0, 0.05) is 0 Å². The number of halogens is 5. The molecule has 0 heterocycles. The number of nitrogens with two attached hydrogens (primary N) is 1. The highest BCUT2D eigenvalue weighted by Gasteiger charge is 2.36. The Labute approximate surface area is 127 Å². The highest BCUT2D eigenvalue weighted by Crippen LogP contribution is 2.35. The van der Waals surface area contributed by atoms with Crippen molar-refractivity contribution in [2.45, 2.75) is 45.0 Å². The summed E-state index contributed by atoms with van der Waals surface area (Å²) in [4.78, 5) is 0. The Hall–Kier alpha value is -0.850. The molecule has 0 spiro atoms. The van der Waals surface area contributed by atoms with E-state index >= 15 is 0 Å². The normalized spacial score (nSPS) is 14.7. The molecule has 0 aromatic heterocycles. The molecule has 0 unspecified atom stereocenters. The summed E-state index contributed by atoms with van der Waals surface area (Å²) >= 11 is 0. The molecule has 7 heteroatoms. The van der Waals surface area contributed by atoms with Crippen molar-refractivity contribution in [1.82, 2.24) is 0 Å². The van der Waals surface area contributed by atoms with Gasteiger partial charge in [0.15, 0.2) is 0 Å². The van der Waals surface area contributed by atoms with Gasteiger partial charge in [-0.3, -0.25) is 0 Å². The van der Waals surface area contributed by atoms with Crippen LogP contribution in [0.1, 0.15) is 43.9 Å². The van der Waals surface area contributed by atoms with E-state index < -0.39 is 35.3 Å². The summed E-state index contributed by atoms with van der Waals surface area (Å²) in [5.74, 6) is -0.508. The van der Waals surface area contributed by atoms with Crippen LogP contribution in [0.2, 0.25) is 0 Å². The molecule has 2 nitrogen and oxygen atoms in total. The summed E-state index contributed by atoms with van der Waals surface area (Å²) in [5.41, 5.74) is 4.26. The molecule has 1 rings (SSSR count). The molecule has 3 N–H and O–H groups in total. The highest BCUT2D eigenvalue weighted by atomic mass is 35.5. The van der Waals surface area contributed by atoms with Gasteiger partial charge in [0.2, 0.25) is 0 Å². The van der Waals surface area contributed by atoms with Crippen molar-refractivity contribution in [3.05, 3.63) is 35.1 Å². The van der Waals surface area contributed by atoms with Crippen molar-refractivity contribution in [3.8, 4) is 0 Å². The van der Waals surface area contributed by atoms with E-state index in [1.165, 1.54) is 0 Å². The fourth-order valence-corrected chi connectivity index (χ4v) is 1.96. The van der Waals surface area contributed by atoms with Gasteiger partial charge in [-0.1, -0.05) is 13.8 Å². The van der Waals surface area contributed by atoms with Gasteiger partial charge >= 0.3 is 6.18 Å². The molecule has 0 aliphatic rings. The summed E-state index contributed by atoms with van der Waals surface area (Å²) in [6.45, 7) is 3.86. The van der Waals surface area contributed by atoms with Crippen LogP contribution in [-0.4, -0.2) is 11.2 Å². The third-order valence-corrected chi connectivity index (χ3v) is 3.13. The van der Waals surface area contributed by atoms with E-state index in [4.69, 9.17) is 5.73 Å². The number of benzene rings is 1. The fourth-order valence-electron chi connectivity index (χ4n) is 1.96. The minimum Gasteiger partial charge on any atom is -0.391 e. The van der Waals surface area contributed by atoms with Crippen molar-refractivity contribution < 1.29 is 22.7 Å². The SMILES string of the molecule is CC(C)CC[C@@H](O)[C@@H](N)c1cc(F)ccc1C(F)(F)F.Cl. The van der Waals surface area contributed by atoms with Crippen LogP contribution in [0.25, 0.3) is 0 Å². The first kappa shape index (κ1) is 20.1. The lowest BCUT2D eigenvalue weighted by molar-refractivity contribution is -0.138. The summed E-state index contributed by atoms with van der Waals surface area (Å²) in [6.07, 6.45) is -4.86. The zero-order valence-electron chi connectivity index (χ0n) is 11.8. The second-order valence-corrected chi connectivity index (χ2v) is 5.29. The smallest absolute Gasteiger partial charge is 0.391 e. The molecule has 0 saturated heterocycles. The number of alkyl halides is 3. The first-order chi connectivity index (χ1) is 9.12. The van der Waals surface area contributed by atoms with E-state index in [1.807, 2.05) is 13.8 Å². The Kier molecular flexibility index (Phi) is 7.64. The third-order valence-electron chi connectivity index (χ3n) is 3.13. The quantitative estimate of drug-likeness (QED) is 0.800. The lowest BCUT2D eigenvalue weighted by Gasteiger charge is -2.23. The van der Waals surface area contributed by atoms with Crippen LogP contribution in [0.3, 0.4) is 0 Å². The zero-order valence-corrected chi connectivity index (χ0v) is 12.6. The molecule has 21 heavy (non-hydrogen) atoms. The molecule has 0 saturated carbocycles. The molecule has 0 bridgehead atoms. The number of aliphatic hydroxyl groups excluding tert-OH is 1. The van der Waals surface area contributed by atoms with Gasteiger partial charge in [0.05, 0.1) is 17.7 Å². The van der Waals surface area contributed by atoms with E-state index in [2.05, 4.69) is 0 Å². The van der Waals surface area contributed by atoms with Crippen LogP contribution in [-0.2, 0) is 6.18 Å². The van der Waals surface area contributed by atoms with E-state index in [-0.39, 0.29) is 18.8 Å². The van der Waals surface area contributed by atoms with Crippen molar-refractivity contribution in [2.75, 3.05) is 0 Å². The van der Waals surface area contributed by atoms with Gasteiger partial charge in [-0.05, 0) is 42.5 Å². The maximum Gasteiger partial charge on any atom is 0.416 e. The predicted octanol–water partition coefficient (Wildman–Crippen LogP) is 4.06. The van der Waals surface area contributed by atoms with Crippen LogP contribution in [0.15, 0.2) is 18.2 Å².